The first-order valence-electron chi connectivity index (χ1n) is 4.17. The smallest absolute Gasteiger partial charge is 0.0494 e. The van der Waals surface area contributed by atoms with Crippen molar-refractivity contribution >= 4 is 26.8 Å². The number of hydrogen-bond acceptors (Lipinski definition) is 0. The van der Waals surface area contributed by atoms with E-state index in [9.17, 15) is 0 Å². The van der Waals surface area contributed by atoms with Crippen LogP contribution in [0.15, 0.2) is 47.6 Å². The Balaban J connectivity index is 2.67. The van der Waals surface area contributed by atoms with Gasteiger partial charge in [-0.25, -0.2) is 0 Å². The van der Waals surface area contributed by atoms with Crippen LogP contribution in [0.1, 0.15) is 0 Å². The van der Waals surface area contributed by atoms with Gasteiger partial charge in [0.15, 0.2) is 0 Å². The summed E-state index contributed by atoms with van der Waals surface area (Å²) in [6.07, 6.45) is 3.98. The highest BCUT2D eigenvalue weighted by atomic mass is 79.9. The molecular formula is C11H10BrN. The van der Waals surface area contributed by atoms with Crippen LogP contribution in [0.25, 0.3) is 10.9 Å². The Kier molecular flexibility index (Phi) is 2.23. The third-order valence-corrected chi connectivity index (χ3v) is 2.78. The predicted molar refractivity (Wildman–Crippen MR) is 59.8 cm³/mol. The second-order valence-corrected chi connectivity index (χ2v) is 3.78. The lowest BCUT2D eigenvalue weighted by Crippen LogP contribution is -1.91. The molecule has 0 aliphatic heterocycles. The van der Waals surface area contributed by atoms with E-state index in [0.29, 0.717) is 0 Å². The molecule has 0 aliphatic rings. The lowest BCUT2D eigenvalue weighted by Gasteiger charge is -2.00. The van der Waals surface area contributed by atoms with Crippen molar-refractivity contribution < 1.29 is 0 Å². The molecule has 0 spiro atoms. The van der Waals surface area contributed by atoms with Crippen molar-refractivity contribution in [2.45, 2.75) is 6.54 Å². The maximum atomic E-state index is 3.73. The Hall–Kier alpha value is -1.02. The molecule has 2 heteroatoms. The predicted octanol–water partition coefficient (Wildman–Crippen LogP) is 3.59. The fourth-order valence-electron chi connectivity index (χ4n) is 1.48. The van der Waals surface area contributed by atoms with Gasteiger partial charge in [-0.05, 0) is 18.2 Å². The maximum Gasteiger partial charge on any atom is 0.0494 e. The van der Waals surface area contributed by atoms with Gasteiger partial charge in [0.1, 0.15) is 0 Å². The van der Waals surface area contributed by atoms with Crippen LogP contribution in [0.3, 0.4) is 0 Å². The summed E-state index contributed by atoms with van der Waals surface area (Å²) in [7, 11) is 0. The van der Waals surface area contributed by atoms with E-state index in [4.69, 9.17) is 0 Å². The molecule has 0 saturated heterocycles. The van der Waals surface area contributed by atoms with E-state index in [1.54, 1.807) is 0 Å². The zero-order valence-electron chi connectivity index (χ0n) is 7.20. The molecule has 0 atom stereocenters. The first kappa shape index (κ1) is 8.57. The van der Waals surface area contributed by atoms with Gasteiger partial charge in [-0.15, -0.1) is 6.58 Å². The second-order valence-electron chi connectivity index (χ2n) is 2.93. The minimum absolute atomic E-state index is 0.861. The average Bonchev–Trinajstić information content (AvgIpc) is 2.51. The molecule has 13 heavy (non-hydrogen) atoms. The van der Waals surface area contributed by atoms with Gasteiger partial charge in [0, 0.05) is 28.1 Å². The van der Waals surface area contributed by atoms with Gasteiger partial charge < -0.3 is 4.57 Å². The summed E-state index contributed by atoms with van der Waals surface area (Å²) >= 11 is 3.52. The topological polar surface area (TPSA) is 4.93 Å². The van der Waals surface area contributed by atoms with Crippen molar-refractivity contribution in [3.63, 3.8) is 0 Å². The van der Waals surface area contributed by atoms with E-state index < -0.39 is 0 Å². The number of fused-ring (bicyclic) bond motifs is 1. The lowest BCUT2D eigenvalue weighted by molar-refractivity contribution is 0.865. The number of rotatable bonds is 2. The molecule has 1 aromatic carbocycles. The highest BCUT2D eigenvalue weighted by Crippen LogP contribution is 2.24. The van der Waals surface area contributed by atoms with E-state index in [-0.39, 0.29) is 0 Å². The fourth-order valence-corrected chi connectivity index (χ4v) is 1.97. The van der Waals surface area contributed by atoms with Gasteiger partial charge in [-0.3, -0.25) is 0 Å². The molecule has 66 valence electrons. The summed E-state index contributed by atoms with van der Waals surface area (Å²) in [6.45, 7) is 4.59. The molecule has 1 heterocycles. The molecule has 0 radical (unpaired) electrons. The first-order valence-corrected chi connectivity index (χ1v) is 4.96. The van der Waals surface area contributed by atoms with Crippen LogP contribution < -0.4 is 0 Å². The minimum atomic E-state index is 0.861. The molecule has 0 fully saturated rings. The van der Waals surface area contributed by atoms with Gasteiger partial charge in [0.05, 0.1) is 0 Å². The van der Waals surface area contributed by atoms with E-state index in [1.807, 2.05) is 12.1 Å². The number of nitrogens with zero attached hydrogens (tertiary/aromatic N) is 1. The van der Waals surface area contributed by atoms with Crippen LogP contribution in [0.2, 0.25) is 0 Å². The Morgan fingerprint density at radius 3 is 3.00 bits per heavy atom. The molecule has 0 N–H and O–H groups in total. The standard InChI is InChI=1S/C11H10BrN/c1-2-7-13-8-6-9-10(12)4-3-5-11(9)13/h2-6,8H,1,7H2. The van der Waals surface area contributed by atoms with Gasteiger partial charge in [-0.1, -0.05) is 28.1 Å². The van der Waals surface area contributed by atoms with Crippen molar-refractivity contribution in [1.82, 2.24) is 4.57 Å². The minimum Gasteiger partial charge on any atom is -0.344 e. The molecular weight excluding hydrogens is 226 g/mol. The molecule has 0 unspecified atom stereocenters. The third-order valence-electron chi connectivity index (χ3n) is 2.09. The second kappa shape index (κ2) is 3.38. The first-order chi connectivity index (χ1) is 6.33. The molecule has 2 aromatic rings. The Labute approximate surface area is 85.8 Å². The van der Waals surface area contributed by atoms with E-state index in [2.05, 4.69) is 51.5 Å². The van der Waals surface area contributed by atoms with Crippen LogP contribution in [0, 0.1) is 0 Å². The van der Waals surface area contributed by atoms with Crippen LogP contribution in [-0.4, -0.2) is 4.57 Å². The van der Waals surface area contributed by atoms with E-state index >= 15 is 0 Å². The SMILES string of the molecule is C=CCn1ccc2c(Br)cccc21. The molecule has 1 nitrogen and oxygen atoms in total. The van der Waals surface area contributed by atoms with Crippen LogP contribution >= 0.6 is 15.9 Å². The Morgan fingerprint density at radius 2 is 2.23 bits per heavy atom. The van der Waals surface area contributed by atoms with Crippen molar-refractivity contribution in [1.29, 1.82) is 0 Å². The largest absolute Gasteiger partial charge is 0.344 e. The molecule has 1 aromatic heterocycles. The molecule has 2 rings (SSSR count). The quantitative estimate of drug-likeness (QED) is 0.702. The third kappa shape index (κ3) is 1.42. The summed E-state index contributed by atoms with van der Waals surface area (Å²) < 4.78 is 3.32. The van der Waals surface area contributed by atoms with Crippen molar-refractivity contribution in [2.75, 3.05) is 0 Å². The summed E-state index contributed by atoms with van der Waals surface area (Å²) in [5.41, 5.74) is 1.24. The van der Waals surface area contributed by atoms with Crippen molar-refractivity contribution in [2.24, 2.45) is 0 Å². The van der Waals surface area contributed by atoms with Crippen molar-refractivity contribution in [3.05, 3.63) is 47.6 Å². The summed E-state index contributed by atoms with van der Waals surface area (Å²) in [5, 5.41) is 1.25. The van der Waals surface area contributed by atoms with Crippen LogP contribution in [-0.2, 0) is 6.54 Å². The highest BCUT2D eigenvalue weighted by molar-refractivity contribution is 9.10. The van der Waals surface area contributed by atoms with E-state index in [1.165, 1.54) is 10.9 Å². The lowest BCUT2D eigenvalue weighted by atomic mass is 10.2. The van der Waals surface area contributed by atoms with Gasteiger partial charge in [0.25, 0.3) is 0 Å². The molecule has 0 amide bonds. The highest BCUT2D eigenvalue weighted by Gasteiger charge is 2.01. The van der Waals surface area contributed by atoms with Gasteiger partial charge >= 0.3 is 0 Å². The molecule has 0 aliphatic carbocycles. The van der Waals surface area contributed by atoms with Gasteiger partial charge in [-0.2, -0.15) is 0 Å². The van der Waals surface area contributed by atoms with Crippen LogP contribution in [0.5, 0.6) is 0 Å². The van der Waals surface area contributed by atoms with Crippen molar-refractivity contribution in [3.8, 4) is 0 Å². The zero-order chi connectivity index (χ0) is 9.26. The van der Waals surface area contributed by atoms with Crippen LogP contribution in [0.4, 0.5) is 0 Å². The average molecular weight is 236 g/mol. The summed E-state index contributed by atoms with van der Waals surface area (Å²) in [4.78, 5) is 0. The summed E-state index contributed by atoms with van der Waals surface area (Å²) in [6, 6.07) is 8.33. The normalized spacial score (nSPS) is 10.5. The monoisotopic (exact) mass is 235 g/mol. The fraction of sp³-hybridized carbons (Fsp3) is 0.0909. The van der Waals surface area contributed by atoms with E-state index in [0.717, 1.165) is 11.0 Å². The number of benzene rings is 1. The maximum absolute atomic E-state index is 3.73. The number of allylic oxidation sites excluding steroid dienone is 1. The Morgan fingerprint density at radius 1 is 1.38 bits per heavy atom. The van der Waals surface area contributed by atoms with Gasteiger partial charge in [0.2, 0.25) is 0 Å². The molecule has 0 bridgehead atoms. The Bertz CT molecular complexity index is 442. The number of hydrogen-bond donors (Lipinski definition) is 0. The number of aromatic nitrogens is 1. The molecule has 0 saturated carbocycles. The number of halogens is 1. The zero-order valence-corrected chi connectivity index (χ0v) is 8.79. The summed E-state index contributed by atoms with van der Waals surface area (Å²) in [5.74, 6) is 0.